The number of amides is 2. The quantitative estimate of drug-likeness (QED) is 0.443. The molecule has 0 spiro atoms. The Hall–Kier alpha value is -4.37. The molecule has 0 unspecified atom stereocenters. The molecule has 0 saturated carbocycles. The Morgan fingerprint density at radius 1 is 0.917 bits per heavy atom. The smallest absolute Gasteiger partial charge is 0.259 e. The number of hydrogen-bond donors (Lipinski definition) is 1. The van der Waals surface area contributed by atoms with E-state index in [1.165, 1.54) is 59.5 Å². The zero-order valence-corrected chi connectivity index (χ0v) is 19.7. The standard InChI is InChI=1S/C27H20FN3O4S/c28-22-10-3-1-7-19(22)17-31-23-15-18(26(32)30-16-20-8-5-6-14-29-20)12-13-25(23)36(34,35)24-11-4-2-9-21(24)27(31)33/h1-15H,16-17H2,(H,30,32). The fourth-order valence-corrected chi connectivity index (χ4v) is 5.71. The van der Waals surface area contributed by atoms with Gasteiger partial charge in [0.05, 0.1) is 39.8 Å². The lowest BCUT2D eigenvalue weighted by Gasteiger charge is -2.23. The number of nitrogens with zero attached hydrogens (tertiary/aromatic N) is 2. The molecule has 0 fully saturated rings. The lowest BCUT2D eigenvalue weighted by Crippen LogP contribution is -2.31. The Morgan fingerprint density at radius 2 is 1.67 bits per heavy atom. The summed E-state index contributed by atoms with van der Waals surface area (Å²) in [5.41, 5.74) is 0.988. The number of aromatic nitrogens is 1. The van der Waals surface area contributed by atoms with Crippen molar-refractivity contribution in [2.75, 3.05) is 4.90 Å². The average molecular weight is 502 g/mol. The van der Waals surface area contributed by atoms with Crippen LogP contribution in [0.15, 0.2) is 101 Å². The van der Waals surface area contributed by atoms with Crippen LogP contribution < -0.4 is 10.2 Å². The third kappa shape index (κ3) is 4.25. The zero-order valence-electron chi connectivity index (χ0n) is 18.9. The van der Waals surface area contributed by atoms with Crippen LogP contribution in [0, 0.1) is 5.82 Å². The molecule has 180 valence electrons. The molecule has 0 saturated heterocycles. The monoisotopic (exact) mass is 501 g/mol. The Balaban J connectivity index is 1.60. The van der Waals surface area contributed by atoms with Crippen molar-refractivity contribution in [1.82, 2.24) is 10.3 Å². The van der Waals surface area contributed by atoms with Crippen molar-refractivity contribution in [3.05, 3.63) is 119 Å². The van der Waals surface area contributed by atoms with Gasteiger partial charge in [0.25, 0.3) is 11.8 Å². The number of fused-ring (bicyclic) bond motifs is 2. The van der Waals surface area contributed by atoms with Crippen LogP contribution in [0.4, 0.5) is 10.1 Å². The van der Waals surface area contributed by atoms with E-state index >= 15 is 0 Å². The Bertz CT molecular complexity index is 1590. The first kappa shape index (κ1) is 23.4. The number of pyridine rings is 1. The number of halogens is 1. The van der Waals surface area contributed by atoms with Gasteiger partial charge in [-0.1, -0.05) is 36.4 Å². The van der Waals surface area contributed by atoms with Crippen molar-refractivity contribution in [2.45, 2.75) is 22.9 Å². The van der Waals surface area contributed by atoms with Gasteiger partial charge in [-0.05, 0) is 48.5 Å². The highest BCUT2D eigenvalue weighted by atomic mass is 32.2. The largest absolute Gasteiger partial charge is 0.346 e. The van der Waals surface area contributed by atoms with Crippen LogP contribution in [0.1, 0.15) is 32.0 Å². The Labute approximate surface area is 207 Å². The highest BCUT2D eigenvalue weighted by Gasteiger charge is 2.36. The van der Waals surface area contributed by atoms with E-state index in [2.05, 4.69) is 10.3 Å². The highest BCUT2D eigenvalue weighted by molar-refractivity contribution is 7.91. The fraction of sp³-hybridized carbons (Fsp3) is 0.0741. The number of carbonyl (C=O) groups excluding carboxylic acids is 2. The van der Waals surface area contributed by atoms with Crippen molar-refractivity contribution >= 4 is 27.3 Å². The van der Waals surface area contributed by atoms with Crippen LogP contribution in [0.3, 0.4) is 0 Å². The molecule has 1 aliphatic rings. The number of anilines is 1. The summed E-state index contributed by atoms with van der Waals surface area (Å²) in [5.74, 6) is -1.61. The summed E-state index contributed by atoms with van der Waals surface area (Å²) in [6.07, 6.45) is 1.61. The van der Waals surface area contributed by atoms with E-state index in [4.69, 9.17) is 0 Å². The van der Waals surface area contributed by atoms with E-state index in [0.29, 0.717) is 5.69 Å². The normalized spacial score (nSPS) is 13.9. The van der Waals surface area contributed by atoms with E-state index in [1.807, 2.05) is 0 Å². The summed E-state index contributed by atoms with van der Waals surface area (Å²) in [5, 5.41) is 2.75. The molecular weight excluding hydrogens is 481 g/mol. The summed E-state index contributed by atoms with van der Waals surface area (Å²) < 4.78 is 41.7. The van der Waals surface area contributed by atoms with Crippen molar-refractivity contribution < 1.29 is 22.4 Å². The number of sulfone groups is 1. The topological polar surface area (TPSA) is 96.4 Å². The number of carbonyl (C=O) groups is 2. The molecule has 2 amide bonds. The summed E-state index contributed by atoms with van der Waals surface area (Å²) in [7, 11) is -4.10. The maximum absolute atomic E-state index is 14.5. The molecule has 5 rings (SSSR count). The molecule has 1 aliphatic heterocycles. The summed E-state index contributed by atoms with van der Waals surface area (Å²) in [6, 6.07) is 21.2. The van der Waals surface area contributed by atoms with E-state index in [1.54, 1.807) is 36.5 Å². The molecule has 7 nitrogen and oxygen atoms in total. The maximum atomic E-state index is 14.5. The number of benzene rings is 3. The molecule has 0 bridgehead atoms. The first-order valence-corrected chi connectivity index (χ1v) is 12.6. The van der Waals surface area contributed by atoms with Crippen LogP contribution in [-0.4, -0.2) is 25.2 Å². The maximum Gasteiger partial charge on any atom is 0.259 e. The molecule has 36 heavy (non-hydrogen) atoms. The number of nitrogens with one attached hydrogen (secondary N) is 1. The molecule has 9 heteroatoms. The minimum atomic E-state index is -4.10. The van der Waals surface area contributed by atoms with Gasteiger partial charge < -0.3 is 10.2 Å². The van der Waals surface area contributed by atoms with Gasteiger partial charge in [-0.15, -0.1) is 0 Å². The average Bonchev–Trinajstić information content (AvgIpc) is 2.97. The molecule has 0 atom stereocenters. The predicted octanol–water partition coefficient (Wildman–Crippen LogP) is 4.14. The Morgan fingerprint density at radius 3 is 2.44 bits per heavy atom. The van der Waals surface area contributed by atoms with Gasteiger partial charge in [0.2, 0.25) is 9.84 Å². The van der Waals surface area contributed by atoms with E-state index in [0.717, 1.165) is 0 Å². The predicted molar refractivity (Wildman–Crippen MR) is 131 cm³/mol. The van der Waals surface area contributed by atoms with Crippen molar-refractivity contribution in [3.8, 4) is 0 Å². The van der Waals surface area contributed by atoms with Gasteiger partial charge in [-0.2, -0.15) is 0 Å². The minimum Gasteiger partial charge on any atom is -0.346 e. The van der Waals surface area contributed by atoms with Gasteiger partial charge in [-0.25, -0.2) is 12.8 Å². The van der Waals surface area contributed by atoms with Gasteiger partial charge in [0.1, 0.15) is 5.82 Å². The number of rotatable bonds is 5. The molecule has 1 N–H and O–H groups in total. The first-order valence-electron chi connectivity index (χ1n) is 11.1. The molecule has 3 aromatic carbocycles. The second-order valence-corrected chi connectivity index (χ2v) is 10.1. The highest BCUT2D eigenvalue weighted by Crippen LogP contribution is 2.38. The third-order valence-electron chi connectivity index (χ3n) is 5.90. The lowest BCUT2D eigenvalue weighted by molar-refractivity contribution is 0.0947. The van der Waals surface area contributed by atoms with E-state index in [-0.39, 0.29) is 45.3 Å². The van der Waals surface area contributed by atoms with E-state index < -0.39 is 27.5 Å². The third-order valence-corrected chi connectivity index (χ3v) is 7.76. The first-order chi connectivity index (χ1) is 17.4. The van der Waals surface area contributed by atoms with Crippen LogP contribution in [0.25, 0.3) is 0 Å². The van der Waals surface area contributed by atoms with Crippen LogP contribution in [0.2, 0.25) is 0 Å². The van der Waals surface area contributed by atoms with Crippen LogP contribution in [-0.2, 0) is 22.9 Å². The van der Waals surface area contributed by atoms with Gasteiger partial charge in [-0.3, -0.25) is 14.6 Å². The molecule has 1 aromatic heterocycles. The van der Waals surface area contributed by atoms with Gasteiger partial charge in [0.15, 0.2) is 0 Å². The van der Waals surface area contributed by atoms with Crippen molar-refractivity contribution in [3.63, 3.8) is 0 Å². The summed E-state index contributed by atoms with van der Waals surface area (Å²) in [4.78, 5) is 31.6. The van der Waals surface area contributed by atoms with Crippen molar-refractivity contribution in [2.24, 2.45) is 0 Å². The summed E-state index contributed by atoms with van der Waals surface area (Å²) in [6.45, 7) is -0.0558. The lowest BCUT2D eigenvalue weighted by atomic mass is 10.1. The molecule has 0 aliphatic carbocycles. The molecule has 0 radical (unpaired) electrons. The fourth-order valence-electron chi connectivity index (χ4n) is 4.08. The Kier molecular flexibility index (Phi) is 6.07. The molecule has 2 heterocycles. The van der Waals surface area contributed by atoms with Crippen LogP contribution in [0.5, 0.6) is 0 Å². The number of hydrogen-bond acceptors (Lipinski definition) is 5. The van der Waals surface area contributed by atoms with Crippen molar-refractivity contribution in [1.29, 1.82) is 0 Å². The second-order valence-electron chi connectivity index (χ2n) is 8.17. The minimum absolute atomic E-state index is 0.00457. The second kappa shape index (κ2) is 9.35. The zero-order chi connectivity index (χ0) is 25.3. The SMILES string of the molecule is O=C(NCc1ccccn1)c1ccc2c(c1)N(Cc1ccccc1F)C(=O)c1ccccc1S2(=O)=O. The van der Waals surface area contributed by atoms with Gasteiger partial charge in [0, 0.05) is 17.3 Å². The van der Waals surface area contributed by atoms with E-state index in [9.17, 15) is 22.4 Å². The summed E-state index contributed by atoms with van der Waals surface area (Å²) >= 11 is 0. The molecular formula is C27H20FN3O4S. The van der Waals surface area contributed by atoms with Gasteiger partial charge >= 0.3 is 0 Å². The van der Waals surface area contributed by atoms with Crippen LogP contribution >= 0.6 is 0 Å². The molecule has 4 aromatic rings.